The van der Waals surface area contributed by atoms with Crippen LogP contribution in [0, 0.1) is 0 Å². The molecule has 0 N–H and O–H groups in total. The molecule has 0 amide bonds. The number of rotatable bonds is 27. The highest BCUT2D eigenvalue weighted by molar-refractivity contribution is 7.80. The fraction of sp³-hybridized carbons (Fsp3) is 1.00. The number of hydrogen-bond donors (Lipinski definition) is 1. The Kier molecular flexibility index (Phi) is 28.7. The zero-order valence-corrected chi connectivity index (χ0v) is 23.0. The van der Waals surface area contributed by atoms with Crippen molar-refractivity contribution >= 4 is 12.6 Å². The van der Waals surface area contributed by atoms with E-state index in [4.69, 9.17) is 12.6 Å². The molecule has 31 heavy (non-hydrogen) atoms. The van der Waals surface area contributed by atoms with Crippen molar-refractivity contribution in [3.8, 4) is 0 Å². The van der Waals surface area contributed by atoms with Gasteiger partial charge in [0, 0.05) is 5.25 Å². The van der Waals surface area contributed by atoms with Crippen LogP contribution in [0.3, 0.4) is 0 Å². The maximum absolute atomic E-state index is 4.85. The van der Waals surface area contributed by atoms with E-state index in [-0.39, 0.29) is 0 Å². The molecule has 188 valence electrons. The topological polar surface area (TPSA) is 0 Å². The van der Waals surface area contributed by atoms with Crippen LogP contribution < -0.4 is 0 Å². The summed E-state index contributed by atoms with van der Waals surface area (Å²) in [5.41, 5.74) is 0. The van der Waals surface area contributed by atoms with Crippen molar-refractivity contribution in [2.45, 2.75) is 192 Å². The molecule has 0 radical (unpaired) electrons. The predicted molar refractivity (Wildman–Crippen MR) is 149 cm³/mol. The second-order valence-corrected chi connectivity index (χ2v) is 11.1. The average Bonchev–Trinajstić information content (AvgIpc) is 2.77. The van der Waals surface area contributed by atoms with Crippen molar-refractivity contribution < 1.29 is 0 Å². The van der Waals surface area contributed by atoms with Gasteiger partial charge in [-0.05, 0) is 12.8 Å². The van der Waals surface area contributed by atoms with Crippen LogP contribution in [-0.4, -0.2) is 5.25 Å². The lowest BCUT2D eigenvalue weighted by Gasteiger charge is -2.10. The summed E-state index contributed by atoms with van der Waals surface area (Å²) in [5, 5.41) is 0.663. The first-order valence-corrected chi connectivity index (χ1v) is 15.5. The van der Waals surface area contributed by atoms with Gasteiger partial charge in [0.25, 0.3) is 0 Å². The second-order valence-electron chi connectivity index (χ2n) is 10.4. The minimum atomic E-state index is 0.663. The summed E-state index contributed by atoms with van der Waals surface area (Å²) >= 11 is 4.85. The van der Waals surface area contributed by atoms with Crippen LogP contribution in [0.15, 0.2) is 0 Å². The first kappa shape index (κ1) is 31.4. The third-order valence-electron chi connectivity index (χ3n) is 7.03. The van der Waals surface area contributed by atoms with E-state index < -0.39 is 0 Å². The molecule has 0 aliphatic heterocycles. The minimum Gasteiger partial charge on any atom is -0.176 e. The molecule has 0 aromatic carbocycles. The monoisotopic (exact) mass is 454 g/mol. The van der Waals surface area contributed by atoms with Gasteiger partial charge in [0.05, 0.1) is 0 Å². The van der Waals surface area contributed by atoms with E-state index in [9.17, 15) is 0 Å². The van der Waals surface area contributed by atoms with E-state index in [1.807, 2.05) is 0 Å². The Morgan fingerprint density at radius 1 is 0.323 bits per heavy atom. The van der Waals surface area contributed by atoms with Gasteiger partial charge in [0.15, 0.2) is 0 Å². The number of unbranched alkanes of at least 4 members (excludes halogenated alkanes) is 23. The molecule has 0 fully saturated rings. The molecule has 0 bridgehead atoms. The zero-order valence-electron chi connectivity index (χ0n) is 22.1. The van der Waals surface area contributed by atoms with Crippen molar-refractivity contribution in [1.82, 2.24) is 0 Å². The van der Waals surface area contributed by atoms with Crippen LogP contribution in [0.2, 0.25) is 0 Å². The highest BCUT2D eigenvalue weighted by Crippen LogP contribution is 2.19. The molecule has 1 atom stereocenters. The maximum atomic E-state index is 4.85. The summed E-state index contributed by atoms with van der Waals surface area (Å²) < 4.78 is 0. The number of hydrogen-bond acceptors (Lipinski definition) is 1. The Labute approximate surface area is 204 Å². The Hall–Kier alpha value is 0.350. The van der Waals surface area contributed by atoms with Crippen LogP contribution >= 0.6 is 12.6 Å². The Bertz CT molecular complexity index is 301. The van der Waals surface area contributed by atoms with Gasteiger partial charge in [-0.15, -0.1) is 0 Å². The SMILES string of the molecule is CCCCCCCCCCCCCCCCC(S)CCCCCCCCCCCCC. The van der Waals surface area contributed by atoms with Crippen molar-refractivity contribution in [2.75, 3.05) is 0 Å². The minimum absolute atomic E-state index is 0.663. The van der Waals surface area contributed by atoms with E-state index in [2.05, 4.69) is 13.8 Å². The molecule has 0 nitrogen and oxygen atoms in total. The lowest BCUT2D eigenvalue weighted by Crippen LogP contribution is -1.98. The standard InChI is InChI=1S/C30H62S/c1-3-5-7-9-11-13-15-16-17-19-21-23-25-27-29-30(31)28-26-24-22-20-18-14-12-10-8-6-4-2/h30-31H,3-29H2,1-2H3. The quantitative estimate of drug-likeness (QED) is 0.0925. The van der Waals surface area contributed by atoms with Gasteiger partial charge in [-0.25, -0.2) is 0 Å². The van der Waals surface area contributed by atoms with Gasteiger partial charge in [0.2, 0.25) is 0 Å². The maximum Gasteiger partial charge on any atom is 0.00168 e. The first-order valence-electron chi connectivity index (χ1n) is 15.0. The van der Waals surface area contributed by atoms with E-state index in [0.717, 1.165) is 0 Å². The van der Waals surface area contributed by atoms with Gasteiger partial charge in [-0.1, -0.05) is 174 Å². The average molecular weight is 455 g/mol. The van der Waals surface area contributed by atoms with Crippen LogP contribution in [0.5, 0.6) is 0 Å². The molecule has 0 aromatic rings. The largest absolute Gasteiger partial charge is 0.176 e. The third kappa shape index (κ3) is 28.3. The van der Waals surface area contributed by atoms with Gasteiger partial charge >= 0.3 is 0 Å². The zero-order chi connectivity index (χ0) is 22.7. The molecule has 0 aliphatic carbocycles. The molecule has 0 spiro atoms. The summed E-state index contributed by atoms with van der Waals surface area (Å²) in [7, 11) is 0. The van der Waals surface area contributed by atoms with Crippen LogP contribution in [0.1, 0.15) is 187 Å². The molecular formula is C30H62S. The van der Waals surface area contributed by atoms with E-state index >= 15 is 0 Å². The molecule has 0 aliphatic rings. The fourth-order valence-electron chi connectivity index (χ4n) is 4.76. The van der Waals surface area contributed by atoms with Crippen LogP contribution in [0.4, 0.5) is 0 Å². The van der Waals surface area contributed by atoms with Crippen molar-refractivity contribution in [1.29, 1.82) is 0 Å². The Balaban J connectivity index is 3.12. The van der Waals surface area contributed by atoms with E-state index in [1.54, 1.807) is 0 Å². The molecule has 1 unspecified atom stereocenters. The fourth-order valence-corrected chi connectivity index (χ4v) is 5.13. The van der Waals surface area contributed by atoms with Crippen molar-refractivity contribution in [2.24, 2.45) is 0 Å². The first-order chi connectivity index (χ1) is 15.3. The third-order valence-corrected chi connectivity index (χ3v) is 7.55. The molecule has 0 saturated heterocycles. The Morgan fingerprint density at radius 3 is 0.742 bits per heavy atom. The molecule has 0 saturated carbocycles. The summed E-state index contributed by atoms with van der Waals surface area (Å²) in [5.74, 6) is 0. The van der Waals surface area contributed by atoms with E-state index in [0.29, 0.717) is 5.25 Å². The van der Waals surface area contributed by atoms with Crippen molar-refractivity contribution in [3.63, 3.8) is 0 Å². The number of thiol groups is 1. The summed E-state index contributed by atoms with van der Waals surface area (Å²) in [6.45, 7) is 4.60. The lowest BCUT2D eigenvalue weighted by atomic mass is 10.0. The smallest absolute Gasteiger partial charge is 0.00168 e. The summed E-state index contributed by atoms with van der Waals surface area (Å²) in [6.07, 6.45) is 38.9. The van der Waals surface area contributed by atoms with Crippen LogP contribution in [-0.2, 0) is 0 Å². The highest BCUT2D eigenvalue weighted by atomic mass is 32.1. The van der Waals surface area contributed by atoms with Crippen LogP contribution in [0.25, 0.3) is 0 Å². The van der Waals surface area contributed by atoms with Crippen molar-refractivity contribution in [3.05, 3.63) is 0 Å². The summed E-state index contributed by atoms with van der Waals surface area (Å²) in [4.78, 5) is 0. The summed E-state index contributed by atoms with van der Waals surface area (Å²) in [6, 6.07) is 0. The van der Waals surface area contributed by atoms with Gasteiger partial charge in [0.1, 0.15) is 0 Å². The predicted octanol–water partition coefficient (Wildman–Crippen LogP) is 11.9. The molecule has 0 heterocycles. The van der Waals surface area contributed by atoms with Gasteiger partial charge in [-0.3, -0.25) is 0 Å². The second kappa shape index (κ2) is 28.4. The lowest BCUT2D eigenvalue weighted by molar-refractivity contribution is 0.519. The molecule has 0 rings (SSSR count). The molecule has 0 aromatic heterocycles. The highest BCUT2D eigenvalue weighted by Gasteiger charge is 2.03. The molecular weight excluding hydrogens is 392 g/mol. The van der Waals surface area contributed by atoms with E-state index in [1.165, 1.54) is 173 Å². The van der Waals surface area contributed by atoms with Gasteiger partial charge in [-0.2, -0.15) is 12.6 Å². The normalized spacial score (nSPS) is 12.5. The Morgan fingerprint density at radius 2 is 0.516 bits per heavy atom. The molecule has 1 heteroatoms. The van der Waals surface area contributed by atoms with Gasteiger partial charge < -0.3 is 0 Å².